The lowest BCUT2D eigenvalue weighted by Crippen LogP contribution is -2.16. The summed E-state index contributed by atoms with van der Waals surface area (Å²) in [6.07, 6.45) is 1.16. The van der Waals surface area contributed by atoms with Gasteiger partial charge in [-0.15, -0.1) is 0 Å². The van der Waals surface area contributed by atoms with Crippen molar-refractivity contribution in [2.24, 2.45) is 0 Å². The maximum atomic E-state index is 13.3. The molecule has 0 bridgehead atoms. The van der Waals surface area contributed by atoms with E-state index < -0.39 is 0 Å². The van der Waals surface area contributed by atoms with Crippen molar-refractivity contribution in [3.8, 4) is 0 Å². The summed E-state index contributed by atoms with van der Waals surface area (Å²) in [5.41, 5.74) is 0.450. The van der Waals surface area contributed by atoms with E-state index in [9.17, 15) is 4.39 Å². The molecule has 1 N–H and O–H groups in total. The van der Waals surface area contributed by atoms with Gasteiger partial charge >= 0.3 is 0 Å². The molecule has 1 atom stereocenters. The van der Waals surface area contributed by atoms with Gasteiger partial charge in [-0.1, -0.05) is 17.7 Å². The standard InChI is InChI=1S/C11H13ClFNO/c12-10-2-1-3-11(13)9(10)7-15-8-4-5-14-6-8/h1-3,8,14H,4-7H2/t8-/m0/s1. The molecule has 1 fully saturated rings. The molecule has 1 aliphatic heterocycles. The molecule has 0 amide bonds. The van der Waals surface area contributed by atoms with Crippen LogP contribution in [0.4, 0.5) is 4.39 Å². The Morgan fingerprint density at radius 2 is 2.40 bits per heavy atom. The number of nitrogens with one attached hydrogen (secondary N) is 1. The maximum Gasteiger partial charge on any atom is 0.130 e. The third-order valence-electron chi connectivity index (χ3n) is 2.54. The number of benzene rings is 1. The Bertz CT molecular complexity index is 319. The minimum atomic E-state index is -0.298. The zero-order valence-corrected chi connectivity index (χ0v) is 9.06. The first-order chi connectivity index (χ1) is 7.27. The summed E-state index contributed by atoms with van der Waals surface area (Å²) < 4.78 is 18.9. The largest absolute Gasteiger partial charge is 0.372 e. The summed E-state index contributed by atoms with van der Waals surface area (Å²) in [5, 5.41) is 3.62. The molecule has 0 radical (unpaired) electrons. The molecule has 15 heavy (non-hydrogen) atoms. The van der Waals surface area contributed by atoms with Crippen molar-refractivity contribution in [1.82, 2.24) is 5.32 Å². The first-order valence-corrected chi connectivity index (χ1v) is 5.40. The zero-order chi connectivity index (χ0) is 10.7. The molecule has 1 aliphatic rings. The molecule has 1 heterocycles. The molecule has 0 spiro atoms. The highest BCUT2D eigenvalue weighted by Crippen LogP contribution is 2.20. The number of rotatable bonds is 3. The Morgan fingerprint density at radius 3 is 3.07 bits per heavy atom. The topological polar surface area (TPSA) is 21.3 Å². The van der Waals surface area contributed by atoms with Crippen molar-refractivity contribution >= 4 is 11.6 Å². The maximum absolute atomic E-state index is 13.3. The molecule has 0 aromatic heterocycles. The van der Waals surface area contributed by atoms with Crippen LogP contribution < -0.4 is 5.32 Å². The van der Waals surface area contributed by atoms with Crippen molar-refractivity contribution in [1.29, 1.82) is 0 Å². The van der Waals surface area contributed by atoms with E-state index in [2.05, 4.69) is 5.32 Å². The van der Waals surface area contributed by atoms with Crippen LogP contribution in [0.1, 0.15) is 12.0 Å². The van der Waals surface area contributed by atoms with E-state index in [0.29, 0.717) is 10.6 Å². The second-order valence-electron chi connectivity index (χ2n) is 3.63. The second-order valence-corrected chi connectivity index (χ2v) is 4.03. The Balaban J connectivity index is 1.97. The summed E-state index contributed by atoms with van der Waals surface area (Å²) in [7, 11) is 0. The normalized spacial score (nSPS) is 20.8. The van der Waals surface area contributed by atoms with Gasteiger partial charge in [-0.25, -0.2) is 4.39 Å². The smallest absolute Gasteiger partial charge is 0.130 e. The van der Waals surface area contributed by atoms with Gasteiger partial charge in [0, 0.05) is 17.1 Å². The third-order valence-corrected chi connectivity index (χ3v) is 2.89. The van der Waals surface area contributed by atoms with Gasteiger partial charge in [-0.05, 0) is 25.1 Å². The van der Waals surface area contributed by atoms with Crippen LogP contribution in [0.3, 0.4) is 0 Å². The van der Waals surface area contributed by atoms with Crippen LogP contribution in [0.15, 0.2) is 18.2 Å². The summed E-state index contributed by atoms with van der Waals surface area (Å²) in [6.45, 7) is 2.06. The average molecular weight is 230 g/mol. The van der Waals surface area contributed by atoms with E-state index in [1.165, 1.54) is 6.07 Å². The van der Waals surface area contributed by atoms with Crippen LogP contribution in [0.5, 0.6) is 0 Å². The van der Waals surface area contributed by atoms with Crippen LogP contribution in [-0.2, 0) is 11.3 Å². The summed E-state index contributed by atoms with van der Waals surface area (Å²) in [6, 6.07) is 4.67. The van der Waals surface area contributed by atoms with Crippen molar-refractivity contribution in [3.05, 3.63) is 34.6 Å². The number of hydrogen-bond donors (Lipinski definition) is 1. The lowest BCUT2D eigenvalue weighted by Gasteiger charge is -2.11. The van der Waals surface area contributed by atoms with Crippen molar-refractivity contribution in [2.75, 3.05) is 13.1 Å². The highest BCUT2D eigenvalue weighted by atomic mass is 35.5. The van der Waals surface area contributed by atoms with E-state index in [4.69, 9.17) is 16.3 Å². The zero-order valence-electron chi connectivity index (χ0n) is 8.30. The minimum Gasteiger partial charge on any atom is -0.372 e. The first-order valence-electron chi connectivity index (χ1n) is 5.02. The quantitative estimate of drug-likeness (QED) is 0.859. The minimum absolute atomic E-state index is 0.181. The van der Waals surface area contributed by atoms with Gasteiger partial charge in [0.15, 0.2) is 0 Å². The van der Waals surface area contributed by atoms with Crippen LogP contribution in [0, 0.1) is 5.82 Å². The molecule has 82 valence electrons. The number of hydrogen-bond acceptors (Lipinski definition) is 2. The molecule has 2 nitrogen and oxygen atoms in total. The van der Waals surface area contributed by atoms with E-state index >= 15 is 0 Å². The van der Waals surface area contributed by atoms with Crippen LogP contribution in [-0.4, -0.2) is 19.2 Å². The molecule has 2 rings (SSSR count). The average Bonchev–Trinajstić information content (AvgIpc) is 2.70. The molecule has 0 saturated carbocycles. The highest BCUT2D eigenvalue weighted by Gasteiger charge is 2.16. The highest BCUT2D eigenvalue weighted by molar-refractivity contribution is 6.31. The fourth-order valence-corrected chi connectivity index (χ4v) is 1.86. The Labute approximate surface area is 93.4 Å². The third kappa shape index (κ3) is 2.68. The monoisotopic (exact) mass is 229 g/mol. The fraction of sp³-hybridized carbons (Fsp3) is 0.455. The molecule has 1 aromatic rings. The van der Waals surface area contributed by atoms with Crippen molar-refractivity contribution in [3.63, 3.8) is 0 Å². The van der Waals surface area contributed by atoms with Crippen LogP contribution in [0.2, 0.25) is 5.02 Å². The Morgan fingerprint density at radius 1 is 1.53 bits per heavy atom. The number of halogens is 2. The van der Waals surface area contributed by atoms with Crippen LogP contribution in [0.25, 0.3) is 0 Å². The van der Waals surface area contributed by atoms with Gasteiger partial charge in [0.1, 0.15) is 5.82 Å². The SMILES string of the molecule is Fc1cccc(Cl)c1CO[C@H]1CCNC1. The molecular weight excluding hydrogens is 217 g/mol. The predicted octanol–water partition coefficient (Wildman–Crippen LogP) is 2.36. The fourth-order valence-electron chi connectivity index (χ4n) is 1.64. The van der Waals surface area contributed by atoms with E-state index in [1.54, 1.807) is 12.1 Å². The van der Waals surface area contributed by atoms with E-state index in [1.807, 2.05) is 0 Å². The lowest BCUT2D eigenvalue weighted by molar-refractivity contribution is 0.0526. The van der Waals surface area contributed by atoms with Gasteiger partial charge in [-0.3, -0.25) is 0 Å². The molecule has 1 saturated heterocycles. The van der Waals surface area contributed by atoms with Crippen molar-refractivity contribution < 1.29 is 9.13 Å². The van der Waals surface area contributed by atoms with E-state index in [0.717, 1.165) is 19.5 Å². The number of ether oxygens (including phenoxy) is 1. The van der Waals surface area contributed by atoms with Gasteiger partial charge in [0.2, 0.25) is 0 Å². The molecular formula is C11H13ClFNO. The van der Waals surface area contributed by atoms with Gasteiger partial charge in [0.25, 0.3) is 0 Å². The van der Waals surface area contributed by atoms with Crippen LogP contribution >= 0.6 is 11.6 Å². The second kappa shape index (κ2) is 4.92. The summed E-state index contributed by atoms with van der Waals surface area (Å²) in [5.74, 6) is -0.298. The van der Waals surface area contributed by atoms with Crippen molar-refractivity contribution in [2.45, 2.75) is 19.1 Å². The Hall–Kier alpha value is -0.640. The lowest BCUT2D eigenvalue weighted by atomic mass is 10.2. The predicted molar refractivity (Wildman–Crippen MR) is 57.5 cm³/mol. The molecule has 1 aromatic carbocycles. The first kappa shape index (κ1) is 10.9. The summed E-state index contributed by atoms with van der Waals surface area (Å²) in [4.78, 5) is 0. The van der Waals surface area contributed by atoms with Gasteiger partial charge in [0.05, 0.1) is 12.7 Å². The Kier molecular flexibility index (Phi) is 3.57. The molecule has 4 heteroatoms. The molecule has 0 aliphatic carbocycles. The molecule has 0 unspecified atom stereocenters. The summed E-state index contributed by atoms with van der Waals surface area (Å²) >= 11 is 5.88. The van der Waals surface area contributed by atoms with E-state index in [-0.39, 0.29) is 18.5 Å². The van der Waals surface area contributed by atoms with Gasteiger partial charge in [-0.2, -0.15) is 0 Å². The van der Waals surface area contributed by atoms with Gasteiger partial charge < -0.3 is 10.1 Å².